The van der Waals surface area contributed by atoms with Gasteiger partial charge in [0.2, 0.25) is 0 Å². The maximum atomic E-state index is 12.5. The van der Waals surface area contributed by atoms with Crippen molar-refractivity contribution in [1.82, 2.24) is 10.2 Å². The first-order valence-electron chi connectivity index (χ1n) is 7.32. The van der Waals surface area contributed by atoms with E-state index in [9.17, 15) is 4.79 Å². The Morgan fingerprint density at radius 1 is 1.35 bits per heavy atom. The van der Waals surface area contributed by atoms with Crippen LogP contribution >= 0.6 is 0 Å². The zero-order chi connectivity index (χ0) is 15.8. The van der Waals surface area contributed by atoms with E-state index in [1.807, 2.05) is 42.5 Å². The van der Waals surface area contributed by atoms with Gasteiger partial charge in [-0.3, -0.25) is 9.89 Å². The van der Waals surface area contributed by atoms with Gasteiger partial charge in [-0.15, -0.1) is 0 Å². The van der Waals surface area contributed by atoms with Crippen LogP contribution in [0.1, 0.15) is 5.56 Å². The van der Waals surface area contributed by atoms with Crippen LogP contribution in [-0.2, 0) is 11.2 Å². The third-order valence-electron chi connectivity index (χ3n) is 3.95. The highest BCUT2D eigenvalue weighted by Crippen LogP contribution is 2.30. The molecule has 1 aliphatic rings. The second kappa shape index (κ2) is 5.31. The molecule has 0 unspecified atom stereocenters. The van der Waals surface area contributed by atoms with Gasteiger partial charge < -0.3 is 14.8 Å². The Labute approximate surface area is 132 Å². The smallest absolute Gasteiger partial charge is 0.267 e. The first-order valence-corrected chi connectivity index (χ1v) is 7.32. The molecule has 0 saturated carbocycles. The summed E-state index contributed by atoms with van der Waals surface area (Å²) < 4.78 is 10.9. The molecule has 2 heterocycles. The molecule has 4 rings (SSSR count). The number of ether oxygens (including phenoxy) is 2. The number of carbonyl (C=O) groups is 1. The number of hydrogen-bond donors (Lipinski definition) is 2. The van der Waals surface area contributed by atoms with E-state index in [4.69, 9.17) is 9.47 Å². The summed E-state index contributed by atoms with van der Waals surface area (Å²) in [4.78, 5) is 12.5. The number of anilines is 1. The fourth-order valence-electron chi connectivity index (χ4n) is 2.74. The number of rotatable bonds is 3. The second-order valence-electron chi connectivity index (χ2n) is 5.39. The number of para-hydroxylation sites is 1. The lowest BCUT2D eigenvalue weighted by molar-refractivity contribution is -0.122. The lowest BCUT2D eigenvalue weighted by Gasteiger charge is -2.10. The lowest BCUT2D eigenvalue weighted by Crippen LogP contribution is -2.31. The van der Waals surface area contributed by atoms with E-state index in [-0.39, 0.29) is 5.91 Å². The van der Waals surface area contributed by atoms with Gasteiger partial charge in [0.1, 0.15) is 11.5 Å². The molecule has 0 saturated heterocycles. The Balaban J connectivity index is 1.56. The van der Waals surface area contributed by atoms with Crippen molar-refractivity contribution in [2.24, 2.45) is 0 Å². The quantitative estimate of drug-likeness (QED) is 0.779. The van der Waals surface area contributed by atoms with Gasteiger partial charge in [0.15, 0.2) is 11.9 Å². The Morgan fingerprint density at radius 2 is 2.22 bits per heavy atom. The minimum absolute atomic E-state index is 0.211. The average molecular weight is 309 g/mol. The van der Waals surface area contributed by atoms with Crippen molar-refractivity contribution in [3.63, 3.8) is 0 Å². The van der Waals surface area contributed by atoms with Crippen molar-refractivity contribution < 1.29 is 14.3 Å². The lowest BCUT2D eigenvalue weighted by atomic mass is 10.1. The second-order valence-corrected chi connectivity index (χ2v) is 5.39. The third kappa shape index (κ3) is 2.38. The molecule has 116 valence electrons. The summed E-state index contributed by atoms with van der Waals surface area (Å²) in [6, 6.07) is 13.2. The number of amides is 1. The molecular weight excluding hydrogens is 294 g/mol. The van der Waals surface area contributed by atoms with Crippen molar-refractivity contribution in [1.29, 1.82) is 0 Å². The Hall–Kier alpha value is -3.02. The molecule has 2 aromatic carbocycles. The summed E-state index contributed by atoms with van der Waals surface area (Å²) in [5.74, 6) is 1.74. The molecule has 0 aliphatic carbocycles. The molecule has 1 atom stereocenters. The van der Waals surface area contributed by atoms with Crippen molar-refractivity contribution >= 4 is 22.6 Å². The normalized spacial score (nSPS) is 16.0. The van der Waals surface area contributed by atoms with Crippen LogP contribution in [-0.4, -0.2) is 29.3 Å². The number of nitrogens with zero attached hydrogens (tertiary/aromatic N) is 1. The van der Waals surface area contributed by atoms with Crippen LogP contribution in [0.5, 0.6) is 11.5 Å². The molecule has 1 aromatic heterocycles. The molecule has 0 bridgehead atoms. The van der Waals surface area contributed by atoms with Gasteiger partial charge in [-0.2, -0.15) is 5.10 Å². The van der Waals surface area contributed by atoms with Gasteiger partial charge in [-0.25, -0.2) is 0 Å². The van der Waals surface area contributed by atoms with Gasteiger partial charge in [-0.05, 0) is 29.8 Å². The summed E-state index contributed by atoms with van der Waals surface area (Å²) in [5, 5.41) is 10.7. The number of fused-ring (bicyclic) bond motifs is 2. The summed E-state index contributed by atoms with van der Waals surface area (Å²) in [6.45, 7) is 0. The zero-order valence-corrected chi connectivity index (χ0v) is 12.5. The minimum Gasteiger partial charge on any atom is -0.497 e. The van der Waals surface area contributed by atoms with Crippen LogP contribution in [0, 0.1) is 0 Å². The summed E-state index contributed by atoms with van der Waals surface area (Å²) in [5.41, 5.74) is 1.87. The number of aromatic nitrogens is 2. The molecule has 6 nitrogen and oxygen atoms in total. The number of hydrogen-bond acceptors (Lipinski definition) is 4. The van der Waals surface area contributed by atoms with Gasteiger partial charge in [0.05, 0.1) is 12.6 Å². The van der Waals surface area contributed by atoms with Crippen molar-refractivity contribution in [2.75, 3.05) is 12.4 Å². The molecule has 6 heteroatoms. The highest BCUT2D eigenvalue weighted by molar-refractivity contribution is 6.02. The molecule has 1 aliphatic heterocycles. The monoisotopic (exact) mass is 309 g/mol. The van der Waals surface area contributed by atoms with E-state index >= 15 is 0 Å². The number of carbonyl (C=O) groups excluding carboxylic acids is 1. The van der Waals surface area contributed by atoms with Crippen molar-refractivity contribution in [3.8, 4) is 11.5 Å². The van der Waals surface area contributed by atoms with E-state index in [0.29, 0.717) is 18.0 Å². The van der Waals surface area contributed by atoms with Crippen LogP contribution < -0.4 is 14.8 Å². The molecular formula is C17H15N3O3. The zero-order valence-electron chi connectivity index (χ0n) is 12.5. The maximum absolute atomic E-state index is 12.5. The van der Waals surface area contributed by atoms with E-state index in [2.05, 4.69) is 15.5 Å². The number of H-pyrrole nitrogens is 1. The molecule has 0 fully saturated rings. The molecule has 0 radical (unpaired) electrons. The van der Waals surface area contributed by atoms with E-state index in [0.717, 1.165) is 22.2 Å². The molecule has 1 amide bonds. The van der Waals surface area contributed by atoms with E-state index in [1.54, 1.807) is 7.11 Å². The largest absolute Gasteiger partial charge is 0.497 e. The first-order chi connectivity index (χ1) is 11.2. The maximum Gasteiger partial charge on any atom is 0.267 e. The Kier molecular flexibility index (Phi) is 3.15. The first kappa shape index (κ1) is 13.6. The number of methoxy groups -OCH3 is 1. The van der Waals surface area contributed by atoms with Crippen LogP contribution in [0.2, 0.25) is 0 Å². The Bertz CT molecular complexity index is 863. The summed E-state index contributed by atoms with van der Waals surface area (Å²) >= 11 is 0. The average Bonchev–Trinajstić information content (AvgIpc) is 3.18. The molecule has 0 spiro atoms. The van der Waals surface area contributed by atoms with Gasteiger partial charge >= 0.3 is 0 Å². The number of aromatic amines is 1. The molecule has 2 N–H and O–H groups in total. The van der Waals surface area contributed by atoms with E-state index in [1.165, 1.54) is 0 Å². The predicted molar refractivity (Wildman–Crippen MR) is 85.8 cm³/mol. The minimum atomic E-state index is -0.537. The number of nitrogens with one attached hydrogen (secondary N) is 2. The predicted octanol–water partition coefficient (Wildman–Crippen LogP) is 2.51. The number of benzene rings is 2. The highest BCUT2D eigenvalue weighted by Gasteiger charge is 2.29. The van der Waals surface area contributed by atoms with Crippen molar-refractivity contribution in [3.05, 3.63) is 48.0 Å². The molecule has 3 aromatic rings. The van der Waals surface area contributed by atoms with Crippen LogP contribution in [0.25, 0.3) is 10.9 Å². The fraction of sp³-hybridized carbons (Fsp3) is 0.176. The topological polar surface area (TPSA) is 76.2 Å². The highest BCUT2D eigenvalue weighted by atomic mass is 16.5. The third-order valence-corrected chi connectivity index (χ3v) is 3.95. The van der Waals surface area contributed by atoms with E-state index < -0.39 is 6.10 Å². The van der Waals surface area contributed by atoms with Crippen LogP contribution in [0.15, 0.2) is 42.5 Å². The van der Waals surface area contributed by atoms with Crippen LogP contribution in [0.3, 0.4) is 0 Å². The van der Waals surface area contributed by atoms with Gasteiger partial charge in [-0.1, -0.05) is 18.2 Å². The summed E-state index contributed by atoms with van der Waals surface area (Å²) in [7, 11) is 1.60. The standard InChI is InChI=1S/C17H15N3O3/c1-22-11-6-7-13-12(9-11)16(20-19-13)18-17(21)15-8-10-4-2-3-5-14(10)23-15/h2-7,9,15H,8H2,1H3,(H2,18,19,20,21)/t15-/m1/s1. The van der Waals surface area contributed by atoms with Crippen molar-refractivity contribution in [2.45, 2.75) is 12.5 Å². The molecule has 23 heavy (non-hydrogen) atoms. The van der Waals surface area contributed by atoms with Gasteiger partial charge in [0, 0.05) is 11.8 Å². The fourth-order valence-corrected chi connectivity index (χ4v) is 2.74. The Morgan fingerprint density at radius 3 is 3.04 bits per heavy atom. The van der Waals surface area contributed by atoms with Crippen LogP contribution in [0.4, 0.5) is 5.82 Å². The van der Waals surface area contributed by atoms with Gasteiger partial charge in [0.25, 0.3) is 5.91 Å². The summed E-state index contributed by atoms with van der Waals surface area (Å²) in [6.07, 6.45) is 0.0259. The SMILES string of the molecule is COc1ccc2[nH]nc(NC(=O)[C@H]3Cc4ccccc4O3)c2c1.